The third-order valence-corrected chi connectivity index (χ3v) is 7.84. The van der Waals surface area contributed by atoms with E-state index in [9.17, 15) is 26.0 Å². The molecule has 1 fully saturated rings. The van der Waals surface area contributed by atoms with Crippen molar-refractivity contribution < 1.29 is 26.0 Å². The highest BCUT2D eigenvalue weighted by molar-refractivity contribution is 7.88. The Morgan fingerprint density at radius 3 is 2.50 bits per heavy atom. The summed E-state index contributed by atoms with van der Waals surface area (Å²) in [5.74, 6) is -0.192. The van der Waals surface area contributed by atoms with Gasteiger partial charge in [0.2, 0.25) is 16.0 Å². The van der Waals surface area contributed by atoms with Gasteiger partial charge in [-0.2, -0.15) is 22.6 Å². The third kappa shape index (κ3) is 7.23. The largest absolute Gasteiger partial charge is 0.419 e. The van der Waals surface area contributed by atoms with Crippen molar-refractivity contribution in [1.82, 2.24) is 29.4 Å². The summed E-state index contributed by atoms with van der Waals surface area (Å²) in [6.07, 6.45) is -1.83. The summed E-state index contributed by atoms with van der Waals surface area (Å²) in [5.41, 5.74) is 1.30. The molecule has 3 aromatic rings. The molecule has 1 aliphatic heterocycles. The van der Waals surface area contributed by atoms with Crippen molar-refractivity contribution in [2.24, 2.45) is 0 Å². The molecule has 17 heteroatoms. The van der Waals surface area contributed by atoms with Gasteiger partial charge in [0.15, 0.2) is 0 Å². The molecule has 1 aliphatic rings. The highest BCUT2D eigenvalue weighted by Crippen LogP contribution is 2.36. The van der Waals surface area contributed by atoms with Crippen LogP contribution in [0.3, 0.4) is 0 Å². The highest BCUT2D eigenvalue weighted by atomic mass is 32.2. The number of hydrogen-bond donors (Lipinski definition) is 2. The molecule has 0 spiro atoms. The van der Waals surface area contributed by atoms with Crippen molar-refractivity contribution >= 4 is 39.5 Å². The standard InChI is InChI=1S/C23H30B3F4N7O2S/c1-13-7-14(8-32-23(24,25)26)3-4-19(13)37-11-15(9-33-37)20-16(22(28,29)30)10-31-21(35-20)34-18-5-6-36(12-17(18)27)40(2,38)39/h3-4,7,9-11,17-18,32H,5-6,8,12,24-26H2,1-2H3,(H,31,34,35)/t17-,18+/m1/s1. The Bertz CT molecular complexity index is 1480. The fraction of sp³-hybridized carbons (Fsp3) is 0.435. The minimum Gasteiger partial charge on any atom is -0.348 e. The normalized spacial score (nSPS) is 19.1. The molecule has 1 saturated heterocycles. The number of aromatic nitrogens is 4. The molecule has 0 unspecified atom stereocenters. The molecular formula is C23H30B3F4N7O2S. The lowest BCUT2D eigenvalue weighted by Crippen LogP contribution is -2.49. The van der Waals surface area contributed by atoms with E-state index in [2.05, 4.69) is 49.2 Å². The van der Waals surface area contributed by atoms with Crippen LogP contribution in [-0.2, 0) is 22.7 Å². The van der Waals surface area contributed by atoms with Crippen LogP contribution in [0.5, 0.6) is 0 Å². The minimum atomic E-state index is -4.74. The maximum Gasteiger partial charge on any atom is 0.419 e. The predicted molar refractivity (Wildman–Crippen MR) is 153 cm³/mol. The second-order valence-electron chi connectivity index (χ2n) is 11.0. The van der Waals surface area contributed by atoms with E-state index in [0.29, 0.717) is 18.4 Å². The van der Waals surface area contributed by atoms with E-state index in [4.69, 9.17) is 0 Å². The summed E-state index contributed by atoms with van der Waals surface area (Å²) in [6.45, 7) is 2.27. The van der Waals surface area contributed by atoms with Crippen LogP contribution in [0.2, 0.25) is 0 Å². The van der Waals surface area contributed by atoms with Gasteiger partial charge in [0.1, 0.15) is 35.3 Å². The zero-order valence-corrected chi connectivity index (χ0v) is 23.7. The predicted octanol–water partition coefficient (Wildman–Crippen LogP) is 0.0406. The number of halogens is 4. The van der Waals surface area contributed by atoms with Gasteiger partial charge in [-0.1, -0.05) is 17.4 Å². The van der Waals surface area contributed by atoms with Crippen molar-refractivity contribution in [3.8, 4) is 16.9 Å². The maximum atomic E-state index is 14.7. The summed E-state index contributed by atoms with van der Waals surface area (Å²) in [7, 11) is 2.65. The molecule has 2 aromatic heterocycles. The van der Waals surface area contributed by atoms with E-state index in [1.54, 1.807) is 0 Å². The van der Waals surface area contributed by atoms with E-state index >= 15 is 0 Å². The molecule has 0 radical (unpaired) electrons. The monoisotopic (exact) mass is 577 g/mol. The van der Waals surface area contributed by atoms with Gasteiger partial charge in [-0.05, 0) is 30.5 Å². The van der Waals surface area contributed by atoms with Crippen molar-refractivity contribution in [1.29, 1.82) is 0 Å². The number of rotatable bonds is 8. The van der Waals surface area contributed by atoms with E-state index in [1.807, 2.05) is 25.1 Å². The number of piperidine rings is 1. The number of sulfonamides is 1. The van der Waals surface area contributed by atoms with E-state index in [1.165, 1.54) is 17.1 Å². The number of aryl methyl sites for hydroxylation is 1. The Hall–Kier alpha value is -2.91. The molecule has 2 N–H and O–H groups in total. The molecule has 9 nitrogen and oxygen atoms in total. The first-order valence-corrected chi connectivity index (χ1v) is 14.6. The number of hydrogen-bond acceptors (Lipinski definition) is 7. The lowest BCUT2D eigenvalue weighted by molar-refractivity contribution is -0.137. The Labute approximate surface area is 233 Å². The summed E-state index contributed by atoms with van der Waals surface area (Å²) in [6, 6.07) is 4.91. The minimum absolute atomic E-state index is 0.0521. The number of benzene rings is 1. The molecular weight excluding hydrogens is 547 g/mol. The van der Waals surface area contributed by atoms with Gasteiger partial charge in [0, 0.05) is 37.6 Å². The molecule has 0 aliphatic carbocycles. The maximum absolute atomic E-state index is 14.7. The Morgan fingerprint density at radius 2 is 1.90 bits per heavy atom. The van der Waals surface area contributed by atoms with Crippen LogP contribution < -0.4 is 10.6 Å². The van der Waals surface area contributed by atoms with Crippen LogP contribution in [0.4, 0.5) is 23.5 Å². The van der Waals surface area contributed by atoms with Crippen LogP contribution >= 0.6 is 0 Å². The number of nitrogens with zero attached hydrogens (tertiary/aromatic N) is 5. The first-order chi connectivity index (χ1) is 18.5. The Kier molecular flexibility index (Phi) is 8.39. The Morgan fingerprint density at radius 1 is 1.18 bits per heavy atom. The van der Waals surface area contributed by atoms with Gasteiger partial charge in [0.05, 0.1) is 29.9 Å². The van der Waals surface area contributed by atoms with Gasteiger partial charge in [-0.25, -0.2) is 27.5 Å². The van der Waals surface area contributed by atoms with Crippen molar-refractivity contribution in [2.75, 3.05) is 24.7 Å². The molecule has 40 heavy (non-hydrogen) atoms. The lowest BCUT2D eigenvalue weighted by atomic mass is 9.49. The van der Waals surface area contributed by atoms with Crippen LogP contribution in [0.1, 0.15) is 23.1 Å². The second kappa shape index (κ2) is 11.2. The van der Waals surface area contributed by atoms with Crippen LogP contribution in [0.25, 0.3) is 16.9 Å². The quantitative estimate of drug-likeness (QED) is 0.288. The van der Waals surface area contributed by atoms with E-state index < -0.39 is 39.7 Å². The SMILES string of the molecule is BC(B)(B)NCc1ccc(-n2cc(-c3nc(N[C@H]4CCN(S(C)(=O)=O)C[C@H]4F)ncc3C(F)(F)F)cn2)c(C)c1. The zero-order chi connectivity index (χ0) is 29.5. The average molecular weight is 577 g/mol. The molecule has 0 saturated carbocycles. The summed E-state index contributed by atoms with van der Waals surface area (Å²) in [4.78, 5) is 7.87. The van der Waals surface area contributed by atoms with Gasteiger partial charge in [-0.3, -0.25) is 0 Å². The van der Waals surface area contributed by atoms with Crippen molar-refractivity contribution in [3.63, 3.8) is 0 Å². The van der Waals surface area contributed by atoms with Crippen LogP contribution in [-0.4, -0.2) is 92.8 Å². The fourth-order valence-electron chi connectivity index (χ4n) is 4.41. The molecule has 212 valence electrons. The first-order valence-electron chi connectivity index (χ1n) is 12.7. The van der Waals surface area contributed by atoms with Gasteiger partial charge in [-0.15, -0.1) is 0 Å². The Balaban J connectivity index is 1.59. The van der Waals surface area contributed by atoms with E-state index in [0.717, 1.165) is 21.7 Å². The topological polar surface area (TPSA) is 105 Å². The lowest BCUT2D eigenvalue weighted by Gasteiger charge is -2.33. The van der Waals surface area contributed by atoms with Crippen LogP contribution in [0, 0.1) is 6.92 Å². The second-order valence-corrected chi connectivity index (χ2v) is 13.0. The molecule has 3 heterocycles. The summed E-state index contributed by atoms with van der Waals surface area (Å²) >= 11 is 0. The van der Waals surface area contributed by atoms with Gasteiger partial charge < -0.3 is 10.6 Å². The molecule has 2 atom stereocenters. The third-order valence-electron chi connectivity index (χ3n) is 6.57. The van der Waals surface area contributed by atoms with Crippen molar-refractivity contribution in [2.45, 2.75) is 43.5 Å². The zero-order valence-electron chi connectivity index (χ0n) is 22.9. The van der Waals surface area contributed by atoms with Gasteiger partial charge in [0.25, 0.3) is 0 Å². The average Bonchev–Trinajstić information content (AvgIpc) is 3.32. The summed E-state index contributed by atoms with van der Waals surface area (Å²) < 4.78 is 82.4. The molecule has 1 aromatic carbocycles. The molecule has 0 bridgehead atoms. The van der Waals surface area contributed by atoms with E-state index in [-0.39, 0.29) is 36.3 Å². The van der Waals surface area contributed by atoms with Gasteiger partial charge >= 0.3 is 6.18 Å². The number of alkyl halides is 4. The number of anilines is 1. The first kappa shape index (κ1) is 30.1. The highest BCUT2D eigenvalue weighted by Gasteiger charge is 2.37. The smallest absolute Gasteiger partial charge is 0.348 e. The number of nitrogens with one attached hydrogen (secondary N) is 2. The molecule has 4 rings (SSSR count). The summed E-state index contributed by atoms with van der Waals surface area (Å²) in [5, 5.41) is 10.4. The van der Waals surface area contributed by atoms with Crippen LogP contribution in [0.15, 0.2) is 36.8 Å². The molecule has 0 amide bonds. The fourth-order valence-corrected chi connectivity index (χ4v) is 5.26. The van der Waals surface area contributed by atoms with Crippen molar-refractivity contribution in [3.05, 3.63) is 53.5 Å².